The summed E-state index contributed by atoms with van der Waals surface area (Å²) in [5.41, 5.74) is 4.32. The van der Waals surface area contributed by atoms with E-state index in [4.69, 9.17) is 0 Å². The molecule has 3 aromatic heterocycles. The van der Waals surface area contributed by atoms with Crippen molar-refractivity contribution in [1.82, 2.24) is 19.9 Å². The van der Waals surface area contributed by atoms with Crippen molar-refractivity contribution < 1.29 is 8.42 Å². The molecule has 0 aliphatic heterocycles. The molecule has 8 nitrogen and oxygen atoms in total. The van der Waals surface area contributed by atoms with Crippen LogP contribution >= 0.6 is 0 Å². The Morgan fingerprint density at radius 1 is 0.839 bits per heavy atom. The van der Waals surface area contributed by atoms with Crippen LogP contribution in [0.25, 0.3) is 33.9 Å². The van der Waals surface area contributed by atoms with Crippen LogP contribution in [0.2, 0.25) is 0 Å². The molecule has 0 aliphatic carbocycles. The second kappa shape index (κ2) is 8.49. The van der Waals surface area contributed by atoms with E-state index >= 15 is 0 Å². The third-order valence-electron chi connectivity index (χ3n) is 4.41. The molecule has 4 rings (SSSR count). The molecular formula is C22H20N6O2S. The third-order valence-corrected chi connectivity index (χ3v) is 5.02. The smallest absolute Gasteiger partial charge is 0.229 e. The molecule has 0 amide bonds. The lowest BCUT2D eigenvalue weighted by atomic mass is 10.0. The van der Waals surface area contributed by atoms with Crippen LogP contribution in [0.1, 0.15) is 0 Å². The summed E-state index contributed by atoms with van der Waals surface area (Å²) in [5, 5.41) is 3.06. The van der Waals surface area contributed by atoms with Gasteiger partial charge in [0, 0.05) is 48.5 Å². The first-order valence-electron chi connectivity index (χ1n) is 9.43. The van der Waals surface area contributed by atoms with Crippen molar-refractivity contribution in [3.05, 3.63) is 73.2 Å². The van der Waals surface area contributed by atoms with Gasteiger partial charge >= 0.3 is 0 Å². The van der Waals surface area contributed by atoms with Gasteiger partial charge in [0.25, 0.3) is 0 Å². The Hall–Kier alpha value is -3.85. The maximum Gasteiger partial charge on any atom is 0.229 e. The molecule has 0 saturated heterocycles. The fourth-order valence-electron chi connectivity index (χ4n) is 3.05. The number of pyridine rings is 2. The van der Waals surface area contributed by atoms with Gasteiger partial charge in [-0.3, -0.25) is 14.7 Å². The second-order valence-corrected chi connectivity index (χ2v) is 8.59. The van der Waals surface area contributed by atoms with Crippen LogP contribution < -0.4 is 10.0 Å². The van der Waals surface area contributed by atoms with E-state index < -0.39 is 10.0 Å². The number of sulfonamides is 1. The molecule has 0 radical (unpaired) electrons. The van der Waals surface area contributed by atoms with Gasteiger partial charge in [0.2, 0.25) is 10.0 Å². The average Bonchev–Trinajstić information content (AvgIpc) is 2.78. The Morgan fingerprint density at radius 2 is 1.68 bits per heavy atom. The van der Waals surface area contributed by atoms with Crippen molar-refractivity contribution in [2.75, 3.05) is 23.3 Å². The number of anilines is 2. The molecule has 9 heteroatoms. The molecule has 2 N–H and O–H groups in total. The third kappa shape index (κ3) is 5.01. The molecule has 0 unspecified atom stereocenters. The molecule has 156 valence electrons. The van der Waals surface area contributed by atoms with E-state index in [0.29, 0.717) is 28.7 Å². The van der Waals surface area contributed by atoms with E-state index in [9.17, 15) is 8.42 Å². The first kappa shape index (κ1) is 20.4. The molecule has 0 saturated carbocycles. The standard InChI is InChI=1S/C22H20N6O2S/c1-23-21-12-20(26-22(27-21)19-8-3-4-9-25-19)17-10-16(13-24-14-17)15-6-5-7-18(11-15)28-31(2,29)30/h3-14,28H,1-2H3,(H,23,26,27). The summed E-state index contributed by atoms with van der Waals surface area (Å²) < 4.78 is 25.6. The van der Waals surface area contributed by atoms with E-state index in [1.807, 2.05) is 36.4 Å². The lowest BCUT2D eigenvalue weighted by Crippen LogP contribution is -2.09. The lowest BCUT2D eigenvalue weighted by Gasteiger charge is -2.10. The van der Waals surface area contributed by atoms with Gasteiger partial charge < -0.3 is 5.32 Å². The number of nitrogens with zero attached hydrogens (tertiary/aromatic N) is 4. The summed E-state index contributed by atoms with van der Waals surface area (Å²) in [6.45, 7) is 0. The Morgan fingerprint density at radius 3 is 2.42 bits per heavy atom. The van der Waals surface area contributed by atoms with Gasteiger partial charge in [0.15, 0.2) is 5.82 Å². The summed E-state index contributed by atoms with van der Waals surface area (Å²) in [6, 6.07) is 16.5. The van der Waals surface area contributed by atoms with Crippen molar-refractivity contribution in [3.8, 4) is 33.9 Å². The topological polar surface area (TPSA) is 110 Å². The quantitative estimate of drug-likeness (QED) is 0.478. The Balaban J connectivity index is 1.75. The number of hydrogen-bond donors (Lipinski definition) is 2. The minimum atomic E-state index is -3.36. The van der Waals surface area contributed by atoms with Crippen molar-refractivity contribution >= 4 is 21.5 Å². The van der Waals surface area contributed by atoms with Crippen LogP contribution in [0, 0.1) is 0 Å². The Bertz CT molecular complexity index is 1330. The van der Waals surface area contributed by atoms with Gasteiger partial charge in [-0.25, -0.2) is 18.4 Å². The molecule has 0 aliphatic rings. The largest absolute Gasteiger partial charge is 0.373 e. The van der Waals surface area contributed by atoms with Crippen LogP contribution in [-0.4, -0.2) is 41.7 Å². The van der Waals surface area contributed by atoms with E-state index in [1.54, 1.807) is 43.8 Å². The molecule has 0 bridgehead atoms. The zero-order valence-corrected chi connectivity index (χ0v) is 17.8. The molecular weight excluding hydrogens is 412 g/mol. The first-order valence-corrected chi connectivity index (χ1v) is 11.3. The number of nitrogens with one attached hydrogen (secondary N) is 2. The van der Waals surface area contributed by atoms with Crippen molar-refractivity contribution in [3.63, 3.8) is 0 Å². The van der Waals surface area contributed by atoms with E-state index in [2.05, 4.69) is 30.0 Å². The van der Waals surface area contributed by atoms with E-state index in [-0.39, 0.29) is 0 Å². The number of benzene rings is 1. The zero-order chi connectivity index (χ0) is 21.8. The maximum atomic E-state index is 11.5. The van der Waals surface area contributed by atoms with Gasteiger partial charge in [-0.05, 0) is 35.9 Å². The van der Waals surface area contributed by atoms with Crippen LogP contribution in [0.3, 0.4) is 0 Å². The molecule has 4 aromatic rings. The Labute approximate surface area is 180 Å². The van der Waals surface area contributed by atoms with Crippen molar-refractivity contribution in [2.24, 2.45) is 0 Å². The normalized spacial score (nSPS) is 11.2. The van der Waals surface area contributed by atoms with Crippen molar-refractivity contribution in [1.29, 1.82) is 0 Å². The highest BCUT2D eigenvalue weighted by Crippen LogP contribution is 2.28. The summed E-state index contributed by atoms with van der Waals surface area (Å²) in [7, 11) is -1.57. The zero-order valence-electron chi connectivity index (χ0n) is 16.9. The summed E-state index contributed by atoms with van der Waals surface area (Å²) in [5.74, 6) is 1.17. The monoisotopic (exact) mass is 432 g/mol. The first-order chi connectivity index (χ1) is 14.9. The summed E-state index contributed by atoms with van der Waals surface area (Å²) in [6.07, 6.45) is 6.27. The molecule has 0 atom stereocenters. The van der Waals surface area contributed by atoms with E-state index in [1.165, 1.54) is 0 Å². The highest BCUT2D eigenvalue weighted by molar-refractivity contribution is 7.92. The number of aromatic nitrogens is 4. The van der Waals surface area contributed by atoms with Crippen LogP contribution in [-0.2, 0) is 10.0 Å². The highest BCUT2D eigenvalue weighted by atomic mass is 32.2. The lowest BCUT2D eigenvalue weighted by molar-refractivity contribution is 0.607. The molecule has 31 heavy (non-hydrogen) atoms. The van der Waals surface area contributed by atoms with Gasteiger partial charge in [-0.2, -0.15) is 0 Å². The number of rotatable bonds is 6. The fraction of sp³-hybridized carbons (Fsp3) is 0.0909. The van der Waals surface area contributed by atoms with Crippen LogP contribution in [0.4, 0.5) is 11.5 Å². The van der Waals surface area contributed by atoms with Gasteiger partial charge in [-0.15, -0.1) is 0 Å². The van der Waals surface area contributed by atoms with Crippen molar-refractivity contribution in [2.45, 2.75) is 0 Å². The average molecular weight is 433 g/mol. The summed E-state index contributed by atoms with van der Waals surface area (Å²) >= 11 is 0. The number of hydrogen-bond acceptors (Lipinski definition) is 7. The molecule has 0 spiro atoms. The highest BCUT2D eigenvalue weighted by Gasteiger charge is 2.11. The predicted octanol–water partition coefficient (Wildman–Crippen LogP) is 3.68. The van der Waals surface area contributed by atoms with E-state index in [0.717, 1.165) is 22.9 Å². The van der Waals surface area contributed by atoms with Gasteiger partial charge in [-0.1, -0.05) is 18.2 Å². The minimum Gasteiger partial charge on any atom is -0.373 e. The minimum absolute atomic E-state index is 0.488. The second-order valence-electron chi connectivity index (χ2n) is 6.84. The van der Waals surface area contributed by atoms with Gasteiger partial charge in [0.05, 0.1) is 11.9 Å². The fourth-order valence-corrected chi connectivity index (χ4v) is 3.60. The predicted molar refractivity (Wildman–Crippen MR) is 122 cm³/mol. The molecule has 3 heterocycles. The molecule has 0 fully saturated rings. The Kier molecular flexibility index (Phi) is 5.59. The van der Waals surface area contributed by atoms with Crippen LogP contribution in [0.5, 0.6) is 0 Å². The molecule has 1 aromatic carbocycles. The van der Waals surface area contributed by atoms with Crippen LogP contribution in [0.15, 0.2) is 73.2 Å². The summed E-state index contributed by atoms with van der Waals surface area (Å²) in [4.78, 5) is 17.9. The maximum absolute atomic E-state index is 11.5. The SMILES string of the molecule is CNc1cc(-c2cncc(-c3cccc(NS(C)(=O)=O)c3)c2)nc(-c2ccccn2)n1. The van der Waals surface area contributed by atoms with Gasteiger partial charge in [0.1, 0.15) is 11.5 Å².